The molecule has 2 aromatic rings. The number of hydrogen-bond donors (Lipinski definition) is 3. The summed E-state index contributed by atoms with van der Waals surface area (Å²) in [6.45, 7) is 2.59. The van der Waals surface area contributed by atoms with Gasteiger partial charge in [-0.1, -0.05) is 29.8 Å². The van der Waals surface area contributed by atoms with Gasteiger partial charge in [0, 0.05) is 5.56 Å². The van der Waals surface area contributed by atoms with Gasteiger partial charge in [-0.05, 0) is 13.0 Å². The van der Waals surface area contributed by atoms with Crippen molar-refractivity contribution < 1.29 is 19.4 Å². The molecule has 0 saturated carbocycles. The van der Waals surface area contributed by atoms with E-state index in [1.165, 1.54) is 5.56 Å². The molecule has 1 aromatic heterocycles. The number of benzene rings is 1. The van der Waals surface area contributed by atoms with Gasteiger partial charge in [0.25, 0.3) is 5.91 Å². The van der Waals surface area contributed by atoms with Crippen molar-refractivity contribution in [2.75, 3.05) is 13.2 Å². The van der Waals surface area contributed by atoms with Crippen LogP contribution < -0.4 is 5.32 Å². The third kappa shape index (κ3) is 2.71. The number of nitrogens with zero attached hydrogens (tertiary/aromatic N) is 1. The molecule has 1 aromatic carbocycles. The number of ether oxygens (including phenoxy) is 2. The monoisotopic (exact) mass is 329 g/mol. The number of H-pyrrole nitrogens is 1. The molecule has 2 fully saturated rings. The van der Waals surface area contributed by atoms with Crippen molar-refractivity contribution in [3.8, 4) is 11.3 Å². The standard InChI is InChI=1S/C17H19N3O4/c1-9-2-4-10(5-3-9)11-6-12(20-19-11)17(22)18-13-7-23-16-14(21)8-24-15(13)16/h2-6,13-16,21H,7-8H2,1H3,(H,18,22)(H,19,20)/t13-,14-,15-,16-/m1/s1. The Kier molecular flexibility index (Phi) is 3.84. The highest BCUT2D eigenvalue weighted by Crippen LogP contribution is 2.27. The van der Waals surface area contributed by atoms with E-state index in [-0.39, 0.29) is 30.8 Å². The van der Waals surface area contributed by atoms with Crippen LogP contribution in [0.25, 0.3) is 11.3 Å². The largest absolute Gasteiger partial charge is 0.388 e. The zero-order valence-electron chi connectivity index (χ0n) is 13.2. The Morgan fingerprint density at radius 3 is 2.79 bits per heavy atom. The van der Waals surface area contributed by atoms with Crippen molar-refractivity contribution in [3.63, 3.8) is 0 Å². The van der Waals surface area contributed by atoms with Crippen LogP contribution in [0.1, 0.15) is 16.1 Å². The summed E-state index contributed by atoms with van der Waals surface area (Å²) in [5.74, 6) is -0.264. The van der Waals surface area contributed by atoms with Crippen molar-refractivity contribution in [2.24, 2.45) is 0 Å². The average molecular weight is 329 g/mol. The molecular weight excluding hydrogens is 310 g/mol. The number of aliphatic hydroxyl groups is 1. The van der Waals surface area contributed by atoms with Gasteiger partial charge in [0.05, 0.1) is 24.9 Å². The van der Waals surface area contributed by atoms with Crippen LogP contribution in [-0.2, 0) is 9.47 Å². The minimum absolute atomic E-state index is 0.239. The average Bonchev–Trinajstić information content (AvgIpc) is 3.27. The number of fused-ring (bicyclic) bond motifs is 1. The van der Waals surface area contributed by atoms with Crippen molar-refractivity contribution in [1.82, 2.24) is 15.5 Å². The smallest absolute Gasteiger partial charge is 0.269 e. The van der Waals surface area contributed by atoms with Gasteiger partial charge in [-0.25, -0.2) is 0 Å². The fourth-order valence-electron chi connectivity index (χ4n) is 3.16. The second-order valence-electron chi connectivity index (χ2n) is 6.28. The zero-order chi connectivity index (χ0) is 16.7. The van der Waals surface area contributed by atoms with Gasteiger partial charge in [0.1, 0.15) is 24.0 Å². The lowest BCUT2D eigenvalue weighted by molar-refractivity contribution is 0.0178. The number of nitrogens with one attached hydrogen (secondary N) is 2. The fraction of sp³-hybridized carbons (Fsp3) is 0.412. The molecule has 0 aliphatic carbocycles. The first-order chi connectivity index (χ1) is 11.6. The minimum atomic E-state index is -0.628. The van der Waals surface area contributed by atoms with Crippen LogP contribution >= 0.6 is 0 Å². The first kappa shape index (κ1) is 15.3. The van der Waals surface area contributed by atoms with Gasteiger partial charge < -0.3 is 19.9 Å². The molecule has 126 valence electrons. The van der Waals surface area contributed by atoms with Gasteiger partial charge in [-0.3, -0.25) is 9.89 Å². The second kappa shape index (κ2) is 6.01. The third-order valence-electron chi connectivity index (χ3n) is 4.51. The normalized spacial score (nSPS) is 28.8. The highest BCUT2D eigenvalue weighted by Gasteiger charge is 2.47. The molecule has 2 aliphatic rings. The number of carbonyl (C=O) groups is 1. The second-order valence-corrected chi connectivity index (χ2v) is 6.28. The molecule has 0 radical (unpaired) electrons. The molecular formula is C17H19N3O4. The summed E-state index contributed by atoms with van der Waals surface area (Å²) in [6.07, 6.45) is -1.29. The Morgan fingerprint density at radius 2 is 2.00 bits per heavy atom. The lowest BCUT2D eigenvalue weighted by Gasteiger charge is -2.16. The van der Waals surface area contributed by atoms with Crippen molar-refractivity contribution in [1.29, 1.82) is 0 Å². The molecule has 0 bridgehead atoms. The Labute approximate surface area is 139 Å². The van der Waals surface area contributed by atoms with Gasteiger partial charge in [-0.2, -0.15) is 5.10 Å². The Hall–Kier alpha value is -2.22. The number of aliphatic hydroxyl groups excluding tert-OH is 1. The van der Waals surface area contributed by atoms with E-state index in [9.17, 15) is 9.90 Å². The maximum atomic E-state index is 12.4. The highest BCUT2D eigenvalue weighted by atomic mass is 16.6. The first-order valence-corrected chi connectivity index (χ1v) is 7.96. The fourth-order valence-corrected chi connectivity index (χ4v) is 3.16. The molecule has 7 nitrogen and oxygen atoms in total. The number of aromatic amines is 1. The van der Waals surface area contributed by atoms with E-state index in [0.717, 1.165) is 5.56 Å². The summed E-state index contributed by atoms with van der Waals surface area (Å²) < 4.78 is 11.0. The first-order valence-electron chi connectivity index (χ1n) is 7.96. The van der Waals surface area contributed by atoms with Crippen LogP contribution in [0.2, 0.25) is 0 Å². The summed E-state index contributed by atoms with van der Waals surface area (Å²) in [6, 6.07) is 9.39. The van der Waals surface area contributed by atoms with E-state index in [4.69, 9.17) is 9.47 Å². The number of carbonyl (C=O) groups excluding carboxylic acids is 1. The molecule has 7 heteroatoms. The molecule has 2 aliphatic heterocycles. The van der Waals surface area contributed by atoms with E-state index in [1.807, 2.05) is 31.2 Å². The van der Waals surface area contributed by atoms with Gasteiger partial charge in [0.15, 0.2) is 0 Å². The van der Waals surface area contributed by atoms with E-state index < -0.39 is 6.10 Å². The Morgan fingerprint density at radius 1 is 1.25 bits per heavy atom. The molecule has 4 rings (SSSR count). The SMILES string of the molecule is Cc1ccc(-c2cc(C(=O)N[C@@H]3CO[C@H]4[C@@H]3OC[C@H]4O)[nH]n2)cc1. The van der Waals surface area contributed by atoms with Gasteiger partial charge >= 0.3 is 0 Å². The van der Waals surface area contributed by atoms with E-state index >= 15 is 0 Å². The summed E-state index contributed by atoms with van der Waals surface area (Å²) in [5.41, 5.74) is 3.21. The maximum absolute atomic E-state index is 12.4. The quantitative estimate of drug-likeness (QED) is 0.768. The minimum Gasteiger partial charge on any atom is -0.388 e. The van der Waals surface area contributed by atoms with Gasteiger partial charge in [-0.15, -0.1) is 0 Å². The molecule has 24 heavy (non-hydrogen) atoms. The predicted octanol–water partition coefficient (Wildman–Crippen LogP) is 0.642. The molecule has 1 amide bonds. The predicted molar refractivity (Wildman–Crippen MR) is 85.5 cm³/mol. The number of aryl methyl sites for hydroxylation is 1. The van der Waals surface area contributed by atoms with Crippen LogP contribution in [0.15, 0.2) is 30.3 Å². The lowest BCUT2D eigenvalue weighted by atomic mass is 10.1. The summed E-state index contributed by atoms with van der Waals surface area (Å²) in [4.78, 5) is 12.4. The van der Waals surface area contributed by atoms with Gasteiger partial charge in [0.2, 0.25) is 0 Å². The lowest BCUT2D eigenvalue weighted by Crippen LogP contribution is -2.44. The number of amides is 1. The topological polar surface area (TPSA) is 96.5 Å². The molecule has 0 unspecified atom stereocenters. The van der Waals surface area contributed by atoms with Crippen molar-refractivity contribution >= 4 is 5.91 Å². The molecule has 3 heterocycles. The van der Waals surface area contributed by atoms with E-state index in [2.05, 4.69) is 15.5 Å². The van der Waals surface area contributed by atoms with Crippen LogP contribution in [0.4, 0.5) is 0 Å². The maximum Gasteiger partial charge on any atom is 0.269 e. The highest BCUT2D eigenvalue weighted by molar-refractivity contribution is 5.93. The molecule has 4 atom stereocenters. The number of rotatable bonds is 3. The third-order valence-corrected chi connectivity index (χ3v) is 4.51. The van der Waals surface area contributed by atoms with E-state index in [0.29, 0.717) is 18.0 Å². The van der Waals surface area contributed by atoms with Crippen LogP contribution in [0.5, 0.6) is 0 Å². The number of aromatic nitrogens is 2. The summed E-state index contributed by atoms with van der Waals surface area (Å²) in [5, 5.41) is 19.6. The molecule has 0 spiro atoms. The summed E-state index contributed by atoms with van der Waals surface area (Å²) in [7, 11) is 0. The van der Waals surface area contributed by atoms with Crippen LogP contribution in [0.3, 0.4) is 0 Å². The summed E-state index contributed by atoms with van der Waals surface area (Å²) >= 11 is 0. The Balaban J connectivity index is 1.45. The molecule has 2 saturated heterocycles. The van der Waals surface area contributed by atoms with E-state index in [1.54, 1.807) is 6.07 Å². The van der Waals surface area contributed by atoms with Crippen LogP contribution in [-0.4, -0.2) is 58.8 Å². The van der Waals surface area contributed by atoms with Crippen LogP contribution in [0, 0.1) is 6.92 Å². The van der Waals surface area contributed by atoms with Crippen molar-refractivity contribution in [3.05, 3.63) is 41.6 Å². The zero-order valence-corrected chi connectivity index (χ0v) is 13.2. The molecule has 3 N–H and O–H groups in total. The Bertz CT molecular complexity index is 743. The van der Waals surface area contributed by atoms with Crippen molar-refractivity contribution in [2.45, 2.75) is 31.3 Å². The number of hydrogen-bond acceptors (Lipinski definition) is 5.